The molecule has 0 radical (unpaired) electrons. The van der Waals surface area contributed by atoms with E-state index in [1.807, 2.05) is 49.6 Å². The maximum Gasteiger partial charge on any atom is 0.239 e. The first-order chi connectivity index (χ1) is 11.4. The molecule has 8 heteroatoms. The molecule has 2 aromatic rings. The van der Waals surface area contributed by atoms with E-state index in [1.165, 1.54) is 0 Å². The summed E-state index contributed by atoms with van der Waals surface area (Å²) in [6.07, 6.45) is 2.63. The minimum Gasteiger partial charge on any atom is -0.356 e. The predicted molar refractivity (Wildman–Crippen MR) is 94.0 cm³/mol. The fourth-order valence-electron chi connectivity index (χ4n) is 2.20. The molecule has 0 fully saturated rings. The molecule has 2 aromatic heterocycles. The van der Waals surface area contributed by atoms with Gasteiger partial charge in [-0.2, -0.15) is 0 Å². The van der Waals surface area contributed by atoms with Gasteiger partial charge in [-0.15, -0.1) is 10.2 Å². The maximum atomic E-state index is 11.8. The SMILES string of the molecule is CN=C(NCCc1nnc2ccccn12)NCC(=O)NC(C)(C)C. The average molecular weight is 331 g/mol. The Morgan fingerprint density at radius 3 is 2.75 bits per heavy atom. The van der Waals surface area contributed by atoms with Crippen LogP contribution in [0.2, 0.25) is 0 Å². The van der Waals surface area contributed by atoms with Crippen LogP contribution in [-0.2, 0) is 11.2 Å². The quantitative estimate of drug-likeness (QED) is 0.543. The summed E-state index contributed by atoms with van der Waals surface area (Å²) in [4.78, 5) is 15.9. The highest BCUT2D eigenvalue weighted by atomic mass is 16.2. The van der Waals surface area contributed by atoms with Crippen LogP contribution >= 0.6 is 0 Å². The van der Waals surface area contributed by atoms with Crippen LogP contribution in [-0.4, -0.2) is 52.1 Å². The van der Waals surface area contributed by atoms with Crippen molar-refractivity contribution in [3.05, 3.63) is 30.2 Å². The van der Waals surface area contributed by atoms with Gasteiger partial charge in [-0.3, -0.25) is 14.2 Å². The summed E-state index contributed by atoms with van der Waals surface area (Å²) >= 11 is 0. The zero-order valence-electron chi connectivity index (χ0n) is 14.6. The van der Waals surface area contributed by atoms with Gasteiger partial charge in [-0.25, -0.2) is 0 Å². The molecule has 0 aliphatic heterocycles. The highest BCUT2D eigenvalue weighted by molar-refractivity contribution is 5.86. The monoisotopic (exact) mass is 331 g/mol. The summed E-state index contributed by atoms with van der Waals surface area (Å²) in [7, 11) is 1.67. The number of carbonyl (C=O) groups excluding carboxylic acids is 1. The van der Waals surface area contributed by atoms with E-state index in [4.69, 9.17) is 0 Å². The molecular weight excluding hydrogens is 306 g/mol. The van der Waals surface area contributed by atoms with Gasteiger partial charge in [-0.1, -0.05) is 6.07 Å². The Balaban J connectivity index is 1.79. The lowest BCUT2D eigenvalue weighted by Gasteiger charge is -2.21. The molecule has 1 amide bonds. The van der Waals surface area contributed by atoms with Crippen molar-refractivity contribution in [2.75, 3.05) is 20.1 Å². The molecule has 2 rings (SSSR count). The molecule has 24 heavy (non-hydrogen) atoms. The third-order valence-electron chi connectivity index (χ3n) is 3.18. The number of hydrogen-bond acceptors (Lipinski definition) is 4. The van der Waals surface area contributed by atoms with E-state index in [-0.39, 0.29) is 18.0 Å². The lowest BCUT2D eigenvalue weighted by atomic mass is 10.1. The number of aliphatic imine (C=N–C) groups is 1. The summed E-state index contributed by atoms with van der Waals surface area (Å²) in [5, 5.41) is 17.4. The number of nitrogens with zero attached hydrogens (tertiary/aromatic N) is 4. The van der Waals surface area contributed by atoms with E-state index in [0.29, 0.717) is 18.9 Å². The van der Waals surface area contributed by atoms with E-state index in [0.717, 1.165) is 11.5 Å². The van der Waals surface area contributed by atoms with Crippen LogP contribution in [0.1, 0.15) is 26.6 Å². The second-order valence-corrected chi connectivity index (χ2v) is 6.45. The van der Waals surface area contributed by atoms with Crippen LogP contribution in [0, 0.1) is 0 Å². The number of pyridine rings is 1. The molecule has 0 aliphatic carbocycles. The Hall–Kier alpha value is -2.64. The number of rotatable bonds is 5. The minimum atomic E-state index is -0.246. The number of fused-ring (bicyclic) bond motifs is 1. The molecule has 3 N–H and O–H groups in total. The lowest BCUT2D eigenvalue weighted by molar-refractivity contribution is -0.121. The molecule has 130 valence electrons. The summed E-state index contributed by atoms with van der Waals surface area (Å²) < 4.78 is 1.95. The molecule has 0 saturated carbocycles. The largest absolute Gasteiger partial charge is 0.356 e. The molecule has 0 aliphatic rings. The molecule has 8 nitrogen and oxygen atoms in total. The fourth-order valence-corrected chi connectivity index (χ4v) is 2.20. The molecule has 0 saturated heterocycles. The molecule has 2 heterocycles. The van der Waals surface area contributed by atoms with Gasteiger partial charge >= 0.3 is 0 Å². The summed E-state index contributed by atoms with van der Waals surface area (Å²) in [6.45, 7) is 6.64. The molecule has 0 spiro atoms. The Labute approximate surface area is 141 Å². The van der Waals surface area contributed by atoms with Crippen molar-refractivity contribution in [2.24, 2.45) is 4.99 Å². The predicted octanol–water partition coefficient (Wildman–Crippen LogP) is 0.352. The number of amides is 1. The van der Waals surface area contributed by atoms with Crippen molar-refractivity contribution < 1.29 is 4.79 Å². The second-order valence-electron chi connectivity index (χ2n) is 6.45. The first-order valence-electron chi connectivity index (χ1n) is 7.93. The normalized spacial score (nSPS) is 12.2. The van der Waals surface area contributed by atoms with Crippen LogP contribution in [0.3, 0.4) is 0 Å². The van der Waals surface area contributed by atoms with Gasteiger partial charge in [0.1, 0.15) is 5.82 Å². The smallest absolute Gasteiger partial charge is 0.239 e. The number of carbonyl (C=O) groups is 1. The van der Waals surface area contributed by atoms with Crippen molar-refractivity contribution in [1.82, 2.24) is 30.5 Å². The van der Waals surface area contributed by atoms with Crippen molar-refractivity contribution >= 4 is 17.5 Å². The zero-order valence-corrected chi connectivity index (χ0v) is 14.6. The second kappa shape index (κ2) is 7.76. The Morgan fingerprint density at radius 1 is 1.25 bits per heavy atom. The number of aromatic nitrogens is 3. The lowest BCUT2D eigenvalue weighted by Crippen LogP contribution is -2.48. The van der Waals surface area contributed by atoms with Crippen LogP contribution < -0.4 is 16.0 Å². The van der Waals surface area contributed by atoms with E-state index in [1.54, 1.807) is 7.05 Å². The maximum absolute atomic E-state index is 11.8. The van der Waals surface area contributed by atoms with E-state index < -0.39 is 0 Å². The van der Waals surface area contributed by atoms with Gasteiger partial charge in [0.15, 0.2) is 11.6 Å². The zero-order chi connectivity index (χ0) is 17.6. The van der Waals surface area contributed by atoms with Crippen LogP contribution in [0.25, 0.3) is 5.65 Å². The Bertz CT molecular complexity index is 715. The summed E-state index contributed by atoms with van der Waals surface area (Å²) in [6, 6.07) is 5.79. The van der Waals surface area contributed by atoms with Gasteiger partial charge in [-0.05, 0) is 32.9 Å². The Morgan fingerprint density at radius 2 is 2.04 bits per heavy atom. The van der Waals surface area contributed by atoms with Gasteiger partial charge < -0.3 is 16.0 Å². The van der Waals surface area contributed by atoms with E-state index >= 15 is 0 Å². The molecule has 0 unspecified atom stereocenters. The van der Waals surface area contributed by atoms with Crippen molar-refractivity contribution in [2.45, 2.75) is 32.7 Å². The third-order valence-corrected chi connectivity index (χ3v) is 3.18. The standard InChI is InChI=1S/C16H25N7O/c1-16(2,3)20-14(24)11-19-15(17-4)18-9-8-13-22-21-12-7-5-6-10-23(12)13/h5-7,10H,8-9,11H2,1-4H3,(H,20,24)(H2,17,18,19). The molecule has 0 aromatic carbocycles. The number of guanidine groups is 1. The third kappa shape index (κ3) is 5.22. The van der Waals surface area contributed by atoms with Gasteiger partial charge in [0.05, 0.1) is 6.54 Å². The van der Waals surface area contributed by atoms with Crippen molar-refractivity contribution in [3.8, 4) is 0 Å². The van der Waals surface area contributed by atoms with Crippen molar-refractivity contribution in [3.63, 3.8) is 0 Å². The molecule has 0 bridgehead atoms. The topological polar surface area (TPSA) is 95.7 Å². The van der Waals surface area contributed by atoms with Crippen LogP contribution in [0.5, 0.6) is 0 Å². The summed E-state index contributed by atoms with van der Waals surface area (Å²) in [5.41, 5.74) is 0.582. The number of hydrogen-bond donors (Lipinski definition) is 3. The van der Waals surface area contributed by atoms with Crippen molar-refractivity contribution in [1.29, 1.82) is 0 Å². The molecular formula is C16H25N7O. The minimum absolute atomic E-state index is 0.0751. The highest BCUT2D eigenvalue weighted by Crippen LogP contribution is 2.02. The van der Waals surface area contributed by atoms with Crippen LogP contribution in [0.15, 0.2) is 29.4 Å². The van der Waals surface area contributed by atoms with E-state index in [2.05, 4.69) is 31.1 Å². The molecule has 0 atom stereocenters. The fraction of sp³-hybridized carbons (Fsp3) is 0.500. The highest BCUT2D eigenvalue weighted by Gasteiger charge is 2.13. The average Bonchev–Trinajstić information content (AvgIpc) is 2.92. The van der Waals surface area contributed by atoms with Gasteiger partial charge in [0.25, 0.3) is 0 Å². The van der Waals surface area contributed by atoms with Gasteiger partial charge in [0.2, 0.25) is 5.91 Å². The summed E-state index contributed by atoms with van der Waals surface area (Å²) in [5.74, 6) is 1.38. The number of nitrogens with one attached hydrogen (secondary N) is 3. The van der Waals surface area contributed by atoms with E-state index in [9.17, 15) is 4.79 Å². The first-order valence-corrected chi connectivity index (χ1v) is 7.93. The van der Waals surface area contributed by atoms with Crippen LogP contribution in [0.4, 0.5) is 0 Å². The Kier molecular flexibility index (Phi) is 5.73. The van der Waals surface area contributed by atoms with Gasteiger partial charge in [0, 0.05) is 31.7 Å². The first kappa shape index (κ1) is 17.7.